The van der Waals surface area contributed by atoms with Gasteiger partial charge in [0.25, 0.3) is 0 Å². The molecule has 2 saturated heterocycles. The summed E-state index contributed by atoms with van der Waals surface area (Å²) >= 11 is 0. The van der Waals surface area contributed by atoms with Gasteiger partial charge in [-0.3, -0.25) is 4.90 Å². The van der Waals surface area contributed by atoms with Crippen LogP contribution in [0.5, 0.6) is 0 Å². The molecule has 26 heavy (non-hydrogen) atoms. The highest BCUT2D eigenvalue weighted by Gasteiger charge is 2.40. The first-order valence-corrected chi connectivity index (χ1v) is 12.2. The molecule has 0 radical (unpaired) electrons. The number of hydrogen-bond acceptors (Lipinski definition) is 2. The highest BCUT2D eigenvalue weighted by molar-refractivity contribution is 4.96. The Labute approximate surface area is 165 Å². The van der Waals surface area contributed by atoms with Crippen molar-refractivity contribution in [3.05, 3.63) is 0 Å². The molecule has 0 amide bonds. The number of likely N-dealkylation sites (tertiary alicyclic amines) is 1. The summed E-state index contributed by atoms with van der Waals surface area (Å²) in [6.45, 7) is 14.9. The van der Waals surface area contributed by atoms with Gasteiger partial charge in [0.2, 0.25) is 0 Å². The highest BCUT2D eigenvalue weighted by Crippen LogP contribution is 2.32. The maximum Gasteiger partial charge on any atom is 0.0227 e. The lowest BCUT2D eigenvalue weighted by Crippen LogP contribution is -2.55. The van der Waals surface area contributed by atoms with Crippen LogP contribution in [0.15, 0.2) is 0 Å². The second-order valence-corrected chi connectivity index (χ2v) is 9.34. The Morgan fingerprint density at radius 1 is 0.731 bits per heavy atom. The van der Waals surface area contributed by atoms with E-state index in [1.54, 1.807) is 0 Å². The molecule has 0 saturated carbocycles. The van der Waals surface area contributed by atoms with Crippen LogP contribution in [-0.2, 0) is 0 Å². The summed E-state index contributed by atoms with van der Waals surface area (Å²) in [4.78, 5) is 5.76. The van der Waals surface area contributed by atoms with Crippen LogP contribution < -0.4 is 0 Å². The van der Waals surface area contributed by atoms with Crippen molar-refractivity contribution in [3.63, 3.8) is 0 Å². The van der Waals surface area contributed by atoms with E-state index in [1.807, 2.05) is 0 Å². The van der Waals surface area contributed by atoms with Gasteiger partial charge in [-0.2, -0.15) is 0 Å². The minimum Gasteiger partial charge on any atom is -0.300 e. The van der Waals surface area contributed by atoms with Crippen LogP contribution >= 0.6 is 0 Å². The van der Waals surface area contributed by atoms with Crippen LogP contribution in [0.4, 0.5) is 0 Å². The van der Waals surface area contributed by atoms with Crippen molar-refractivity contribution >= 4 is 0 Å². The summed E-state index contributed by atoms with van der Waals surface area (Å²) < 4.78 is 0. The van der Waals surface area contributed by atoms with Crippen LogP contribution in [0, 0.1) is 11.8 Å². The van der Waals surface area contributed by atoms with Crippen molar-refractivity contribution < 1.29 is 0 Å². The van der Waals surface area contributed by atoms with Crippen LogP contribution in [-0.4, -0.2) is 48.1 Å². The fourth-order valence-electron chi connectivity index (χ4n) is 5.47. The predicted octanol–water partition coefficient (Wildman–Crippen LogP) is 6.35. The zero-order valence-corrected chi connectivity index (χ0v) is 18.5. The molecular formula is C24H48N2. The molecular weight excluding hydrogens is 316 g/mol. The van der Waals surface area contributed by atoms with E-state index >= 15 is 0 Å². The highest BCUT2D eigenvalue weighted by atomic mass is 15.3. The van der Waals surface area contributed by atoms with Crippen LogP contribution in [0.1, 0.15) is 105 Å². The first-order valence-electron chi connectivity index (χ1n) is 12.2. The van der Waals surface area contributed by atoms with Gasteiger partial charge in [0.15, 0.2) is 0 Å². The van der Waals surface area contributed by atoms with Crippen LogP contribution in [0.3, 0.4) is 0 Å². The van der Waals surface area contributed by atoms with E-state index in [0.717, 1.165) is 23.9 Å². The summed E-state index contributed by atoms with van der Waals surface area (Å²) in [5.41, 5.74) is 0. The number of fused-ring (bicyclic) bond motifs is 2. The molecule has 2 rings (SSSR count). The number of hydrogen-bond donors (Lipinski definition) is 0. The van der Waals surface area contributed by atoms with Crippen molar-refractivity contribution in [3.8, 4) is 0 Å². The van der Waals surface area contributed by atoms with Crippen molar-refractivity contribution in [2.75, 3.05) is 26.2 Å². The molecule has 2 heteroatoms. The Hall–Kier alpha value is -0.0800. The molecule has 0 aromatic carbocycles. The Morgan fingerprint density at radius 3 is 1.85 bits per heavy atom. The molecule has 3 atom stereocenters. The predicted molar refractivity (Wildman–Crippen MR) is 116 cm³/mol. The Morgan fingerprint density at radius 2 is 1.35 bits per heavy atom. The van der Waals surface area contributed by atoms with Crippen molar-refractivity contribution in [1.82, 2.24) is 9.80 Å². The normalized spacial score (nSPS) is 25.3. The van der Waals surface area contributed by atoms with Crippen molar-refractivity contribution in [2.24, 2.45) is 11.8 Å². The molecule has 2 nitrogen and oxygen atoms in total. The Balaban J connectivity index is 1.78. The molecule has 0 N–H and O–H groups in total. The van der Waals surface area contributed by atoms with Crippen molar-refractivity contribution in [2.45, 2.75) is 117 Å². The quantitative estimate of drug-likeness (QED) is 0.354. The van der Waals surface area contributed by atoms with Gasteiger partial charge in [-0.05, 0) is 44.1 Å². The number of piperazine rings is 1. The van der Waals surface area contributed by atoms with Gasteiger partial charge in [0.1, 0.15) is 0 Å². The summed E-state index contributed by atoms with van der Waals surface area (Å²) in [5, 5.41) is 0. The molecule has 0 aliphatic carbocycles. The average Bonchev–Trinajstić information content (AvgIpc) is 2.88. The number of rotatable bonds is 14. The lowest BCUT2D eigenvalue weighted by Gasteiger charge is -2.43. The summed E-state index contributed by atoms with van der Waals surface area (Å²) in [6.07, 6.45) is 17.0. The van der Waals surface area contributed by atoms with E-state index in [-0.39, 0.29) is 0 Å². The molecule has 2 fully saturated rings. The number of nitrogens with zero attached hydrogens (tertiary/aromatic N) is 2. The fourth-order valence-corrected chi connectivity index (χ4v) is 5.47. The summed E-state index contributed by atoms with van der Waals surface area (Å²) in [5.74, 6) is 1.92. The molecule has 2 aliphatic rings. The minimum atomic E-state index is 0.865. The zero-order valence-electron chi connectivity index (χ0n) is 18.5. The summed E-state index contributed by atoms with van der Waals surface area (Å²) in [6, 6.07) is 1.73. The van der Waals surface area contributed by atoms with Crippen LogP contribution in [0.25, 0.3) is 0 Å². The first-order chi connectivity index (χ1) is 12.7. The lowest BCUT2D eigenvalue weighted by atomic mass is 9.92. The largest absolute Gasteiger partial charge is 0.300 e. The van der Waals surface area contributed by atoms with E-state index in [4.69, 9.17) is 0 Å². The van der Waals surface area contributed by atoms with Gasteiger partial charge in [0, 0.05) is 31.7 Å². The zero-order chi connectivity index (χ0) is 18.8. The molecule has 0 spiro atoms. The van der Waals surface area contributed by atoms with Gasteiger partial charge >= 0.3 is 0 Å². The van der Waals surface area contributed by atoms with E-state index in [1.165, 1.54) is 103 Å². The fraction of sp³-hybridized carbons (Fsp3) is 1.00. The SMILES string of the molecule is CCCCC(CCCC)CCN1C[C@H]2CC[C@@H](C1)N2CC(CC)CCC. The molecule has 2 heterocycles. The number of unbranched alkanes of at least 4 members (excludes halogenated alkanes) is 2. The third kappa shape index (κ3) is 6.82. The lowest BCUT2D eigenvalue weighted by molar-refractivity contribution is 0.0491. The minimum absolute atomic E-state index is 0.865. The van der Waals surface area contributed by atoms with Gasteiger partial charge < -0.3 is 4.90 Å². The maximum absolute atomic E-state index is 2.92. The topological polar surface area (TPSA) is 6.48 Å². The molecule has 0 aromatic rings. The second-order valence-electron chi connectivity index (χ2n) is 9.34. The first kappa shape index (κ1) is 22.2. The second kappa shape index (κ2) is 12.4. The van der Waals surface area contributed by atoms with E-state index in [0.29, 0.717) is 0 Å². The van der Waals surface area contributed by atoms with E-state index in [9.17, 15) is 0 Å². The van der Waals surface area contributed by atoms with Gasteiger partial charge in [0.05, 0.1) is 0 Å². The van der Waals surface area contributed by atoms with E-state index < -0.39 is 0 Å². The standard InChI is InChI=1S/C24H48N2/c1-5-9-12-22(13-10-6-2)16-17-25-19-23-14-15-24(20-25)26(23)18-21(8-4)11-7-3/h21-24H,5-20H2,1-4H3/t21?,23-,24+. The molecule has 2 bridgehead atoms. The third-order valence-electron chi connectivity index (χ3n) is 7.24. The monoisotopic (exact) mass is 364 g/mol. The van der Waals surface area contributed by atoms with Crippen molar-refractivity contribution in [1.29, 1.82) is 0 Å². The van der Waals surface area contributed by atoms with Gasteiger partial charge in [-0.25, -0.2) is 0 Å². The molecule has 1 unspecified atom stereocenters. The third-order valence-corrected chi connectivity index (χ3v) is 7.24. The maximum atomic E-state index is 2.92. The smallest absolute Gasteiger partial charge is 0.0227 e. The Kier molecular flexibility index (Phi) is 10.6. The summed E-state index contributed by atoms with van der Waals surface area (Å²) in [7, 11) is 0. The van der Waals surface area contributed by atoms with Gasteiger partial charge in [-0.15, -0.1) is 0 Å². The van der Waals surface area contributed by atoms with Crippen LogP contribution in [0.2, 0.25) is 0 Å². The Bertz CT molecular complexity index is 334. The van der Waals surface area contributed by atoms with E-state index in [2.05, 4.69) is 37.5 Å². The average molecular weight is 365 g/mol. The molecule has 2 aliphatic heterocycles. The molecule has 0 aromatic heterocycles. The molecule has 154 valence electrons. The van der Waals surface area contributed by atoms with Gasteiger partial charge in [-0.1, -0.05) is 79.1 Å².